The first-order valence-electron chi connectivity index (χ1n) is 5.13. The van der Waals surface area contributed by atoms with Crippen molar-refractivity contribution in [1.29, 1.82) is 0 Å². The van der Waals surface area contributed by atoms with Crippen molar-refractivity contribution in [2.24, 2.45) is 0 Å². The second kappa shape index (κ2) is 5.23. The van der Waals surface area contributed by atoms with Crippen LogP contribution in [-0.4, -0.2) is 9.97 Å². The van der Waals surface area contributed by atoms with Crippen LogP contribution in [0.4, 0.5) is 10.1 Å². The van der Waals surface area contributed by atoms with Crippen LogP contribution in [0.5, 0.6) is 0 Å². The highest BCUT2D eigenvalue weighted by Gasteiger charge is 2.11. The van der Waals surface area contributed by atoms with Gasteiger partial charge < -0.3 is 5.32 Å². The topological polar surface area (TPSA) is 37.8 Å². The molecule has 0 aliphatic rings. The molecule has 1 N–H and O–H groups in total. The van der Waals surface area contributed by atoms with Gasteiger partial charge in [-0.05, 0) is 25.1 Å². The summed E-state index contributed by atoms with van der Waals surface area (Å²) < 4.78 is 14.5. The lowest BCUT2D eigenvalue weighted by Gasteiger charge is -2.16. The zero-order chi connectivity index (χ0) is 12.3. The summed E-state index contributed by atoms with van der Waals surface area (Å²) in [6, 6.07) is 4.73. The van der Waals surface area contributed by atoms with Crippen LogP contribution in [0.3, 0.4) is 0 Å². The predicted molar refractivity (Wildman–Crippen MR) is 68.2 cm³/mol. The lowest BCUT2D eigenvalue weighted by atomic mass is 10.1. The summed E-state index contributed by atoms with van der Waals surface area (Å²) in [5, 5.41) is 3.14. The molecule has 0 spiro atoms. The fraction of sp³-hybridized carbons (Fsp3) is 0.167. The summed E-state index contributed by atoms with van der Waals surface area (Å²) in [6.07, 6.45) is 4.76. The molecule has 0 saturated heterocycles. The molecular weight excluding hydrogens is 285 g/mol. The van der Waals surface area contributed by atoms with Crippen LogP contribution in [0.1, 0.15) is 18.5 Å². The Morgan fingerprint density at radius 2 is 2.00 bits per heavy atom. The lowest BCUT2D eigenvalue weighted by molar-refractivity contribution is 0.600. The minimum atomic E-state index is -0.231. The summed E-state index contributed by atoms with van der Waals surface area (Å²) in [7, 11) is 0. The van der Waals surface area contributed by atoms with Crippen LogP contribution in [0, 0.1) is 5.82 Å². The van der Waals surface area contributed by atoms with Gasteiger partial charge in [-0.15, -0.1) is 0 Å². The van der Waals surface area contributed by atoms with Gasteiger partial charge in [-0.1, -0.05) is 15.9 Å². The van der Waals surface area contributed by atoms with Crippen LogP contribution in [0.15, 0.2) is 41.4 Å². The molecule has 5 heteroatoms. The molecule has 0 radical (unpaired) electrons. The van der Waals surface area contributed by atoms with E-state index in [-0.39, 0.29) is 11.9 Å². The molecule has 1 aromatic heterocycles. The summed E-state index contributed by atoms with van der Waals surface area (Å²) >= 11 is 3.33. The summed E-state index contributed by atoms with van der Waals surface area (Å²) in [5.41, 5.74) is 1.36. The van der Waals surface area contributed by atoms with Gasteiger partial charge >= 0.3 is 0 Å². The normalized spacial score (nSPS) is 12.2. The van der Waals surface area contributed by atoms with Crippen molar-refractivity contribution >= 4 is 21.6 Å². The minimum absolute atomic E-state index is 0.154. The molecule has 1 heterocycles. The van der Waals surface area contributed by atoms with E-state index >= 15 is 0 Å². The van der Waals surface area contributed by atoms with E-state index in [2.05, 4.69) is 31.2 Å². The van der Waals surface area contributed by atoms with E-state index in [1.54, 1.807) is 24.5 Å². The van der Waals surface area contributed by atoms with E-state index in [1.165, 1.54) is 12.4 Å². The molecule has 88 valence electrons. The molecule has 2 rings (SSSR count). The molecule has 1 unspecified atom stereocenters. The van der Waals surface area contributed by atoms with Gasteiger partial charge in [0.15, 0.2) is 0 Å². The monoisotopic (exact) mass is 295 g/mol. The molecule has 0 aliphatic heterocycles. The number of benzene rings is 1. The first kappa shape index (κ1) is 12.0. The Hall–Kier alpha value is -1.49. The summed E-state index contributed by atoms with van der Waals surface area (Å²) in [6.45, 7) is 1.89. The molecule has 0 amide bonds. The van der Waals surface area contributed by atoms with E-state index in [1.807, 2.05) is 6.92 Å². The number of hydrogen-bond acceptors (Lipinski definition) is 3. The second-order valence-corrected chi connectivity index (χ2v) is 4.57. The first-order chi connectivity index (χ1) is 8.16. The van der Waals surface area contributed by atoms with Crippen molar-refractivity contribution in [3.05, 3.63) is 52.8 Å². The van der Waals surface area contributed by atoms with Gasteiger partial charge in [0.2, 0.25) is 0 Å². The highest BCUT2D eigenvalue weighted by atomic mass is 79.9. The van der Waals surface area contributed by atoms with Gasteiger partial charge in [-0.3, -0.25) is 0 Å². The zero-order valence-corrected chi connectivity index (χ0v) is 10.8. The average molecular weight is 296 g/mol. The fourth-order valence-corrected chi connectivity index (χ4v) is 1.93. The molecule has 0 saturated carbocycles. The molecule has 0 aliphatic carbocycles. The zero-order valence-electron chi connectivity index (χ0n) is 9.19. The maximum absolute atomic E-state index is 13.6. The molecule has 2 aromatic rings. The van der Waals surface area contributed by atoms with Crippen molar-refractivity contribution in [1.82, 2.24) is 9.97 Å². The van der Waals surface area contributed by atoms with Crippen LogP contribution < -0.4 is 5.32 Å². The Morgan fingerprint density at radius 1 is 1.29 bits per heavy atom. The maximum atomic E-state index is 13.6. The van der Waals surface area contributed by atoms with Gasteiger partial charge in [-0.2, -0.15) is 0 Å². The fourth-order valence-electron chi connectivity index (χ4n) is 1.55. The van der Waals surface area contributed by atoms with Crippen molar-refractivity contribution in [2.45, 2.75) is 13.0 Å². The Labute approximate surface area is 107 Å². The van der Waals surface area contributed by atoms with Gasteiger partial charge in [0, 0.05) is 10.0 Å². The Morgan fingerprint density at radius 3 is 2.71 bits per heavy atom. The molecule has 17 heavy (non-hydrogen) atoms. The molecule has 3 nitrogen and oxygen atoms in total. The Kier molecular flexibility index (Phi) is 3.68. The summed E-state index contributed by atoms with van der Waals surface area (Å²) in [4.78, 5) is 7.79. The lowest BCUT2D eigenvalue weighted by Crippen LogP contribution is -2.09. The highest BCUT2D eigenvalue weighted by molar-refractivity contribution is 9.10. The van der Waals surface area contributed by atoms with Crippen molar-refractivity contribution in [3.63, 3.8) is 0 Å². The van der Waals surface area contributed by atoms with Gasteiger partial charge in [0.25, 0.3) is 0 Å². The first-order valence-corrected chi connectivity index (χ1v) is 5.92. The standard InChI is InChI=1S/C12H11BrFN3/c1-8(17-10-5-15-7-16-6-10)11-4-9(13)2-3-12(11)14/h2-8,17H,1H3. The number of rotatable bonds is 3. The number of hydrogen-bond donors (Lipinski definition) is 1. The Balaban J connectivity index is 2.20. The molecule has 0 bridgehead atoms. The predicted octanol–water partition coefficient (Wildman–Crippen LogP) is 3.55. The second-order valence-electron chi connectivity index (χ2n) is 3.66. The quantitative estimate of drug-likeness (QED) is 0.941. The number of nitrogens with one attached hydrogen (secondary N) is 1. The number of halogens is 2. The van der Waals surface area contributed by atoms with E-state index < -0.39 is 0 Å². The highest BCUT2D eigenvalue weighted by Crippen LogP contribution is 2.24. The van der Waals surface area contributed by atoms with E-state index in [9.17, 15) is 4.39 Å². The van der Waals surface area contributed by atoms with Crippen molar-refractivity contribution < 1.29 is 4.39 Å². The van der Waals surface area contributed by atoms with Gasteiger partial charge in [0.05, 0.1) is 24.1 Å². The van der Waals surface area contributed by atoms with Crippen molar-refractivity contribution in [3.8, 4) is 0 Å². The van der Waals surface area contributed by atoms with Gasteiger partial charge in [-0.25, -0.2) is 14.4 Å². The van der Waals surface area contributed by atoms with E-state index in [0.29, 0.717) is 5.56 Å². The minimum Gasteiger partial charge on any atom is -0.376 e. The third kappa shape index (κ3) is 3.00. The number of aromatic nitrogens is 2. The van der Waals surface area contributed by atoms with Crippen LogP contribution in [0.25, 0.3) is 0 Å². The van der Waals surface area contributed by atoms with E-state index in [4.69, 9.17) is 0 Å². The SMILES string of the molecule is CC(Nc1cncnc1)c1cc(Br)ccc1F. The molecule has 1 atom stereocenters. The average Bonchev–Trinajstić information content (AvgIpc) is 2.33. The van der Waals surface area contributed by atoms with Crippen LogP contribution in [-0.2, 0) is 0 Å². The molecule has 0 fully saturated rings. The smallest absolute Gasteiger partial charge is 0.128 e. The van der Waals surface area contributed by atoms with Crippen LogP contribution in [0.2, 0.25) is 0 Å². The van der Waals surface area contributed by atoms with Crippen LogP contribution >= 0.6 is 15.9 Å². The third-order valence-electron chi connectivity index (χ3n) is 2.37. The van der Waals surface area contributed by atoms with E-state index in [0.717, 1.165) is 10.2 Å². The Bertz CT molecular complexity index is 504. The maximum Gasteiger partial charge on any atom is 0.128 e. The molecular formula is C12H11BrFN3. The third-order valence-corrected chi connectivity index (χ3v) is 2.86. The number of anilines is 1. The molecule has 1 aromatic carbocycles. The van der Waals surface area contributed by atoms with Crippen molar-refractivity contribution in [2.75, 3.05) is 5.32 Å². The largest absolute Gasteiger partial charge is 0.376 e. The van der Waals surface area contributed by atoms with Gasteiger partial charge in [0.1, 0.15) is 12.1 Å². The summed E-state index contributed by atoms with van der Waals surface area (Å²) in [5.74, 6) is -0.231. The number of nitrogens with zero attached hydrogens (tertiary/aromatic N) is 2.